The van der Waals surface area contributed by atoms with E-state index >= 15 is 0 Å². The number of hydrogen-bond acceptors (Lipinski definition) is 5. The minimum Gasteiger partial charge on any atom is -0.497 e. The minimum absolute atomic E-state index is 0.439. The van der Waals surface area contributed by atoms with E-state index in [0.717, 1.165) is 22.3 Å². The number of ether oxygens (including phenoxy) is 3. The van der Waals surface area contributed by atoms with Gasteiger partial charge in [0, 0.05) is 25.0 Å². The Labute approximate surface area is 146 Å². The van der Waals surface area contributed by atoms with Crippen molar-refractivity contribution in [3.8, 4) is 16.9 Å². The maximum absolute atomic E-state index is 11.8. The summed E-state index contributed by atoms with van der Waals surface area (Å²) < 4.78 is 16.6. The second-order valence-electron chi connectivity index (χ2n) is 6.19. The molecule has 0 unspecified atom stereocenters. The monoisotopic (exact) mass is 340 g/mol. The van der Waals surface area contributed by atoms with Gasteiger partial charge in [-0.05, 0) is 30.2 Å². The van der Waals surface area contributed by atoms with Crippen LogP contribution in [0.1, 0.15) is 38.0 Å². The summed E-state index contributed by atoms with van der Waals surface area (Å²) in [5.74, 6) is -0.179. The lowest BCUT2D eigenvalue weighted by Crippen LogP contribution is -2.40. The summed E-state index contributed by atoms with van der Waals surface area (Å²) in [4.78, 5) is 23.5. The second kappa shape index (κ2) is 6.24. The van der Waals surface area contributed by atoms with E-state index < -0.39 is 23.6 Å². The van der Waals surface area contributed by atoms with Gasteiger partial charge in [0.2, 0.25) is 0 Å². The van der Waals surface area contributed by atoms with Crippen molar-refractivity contribution in [2.24, 2.45) is 0 Å². The number of fused-ring (bicyclic) bond motifs is 3. The smallest absolute Gasteiger partial charge is 0.303 e. The van der Waals surface area contributed by atoms with E-state index in [2.05, 4.69) is 0 Å². The van der Waals surface area contributed by atoms with E-state index in [1.54, 1.807) is 20.1 Å². The summed E-state index contributed by atoms with van der Waals surface area (Å²) in [5.41, 5.74) is 2.26. The van der Waals surface area contributed by atoms with Crippen molar-refractivity contribution < 1.29 is 23.8 Å². The van der Waals surface area contributed by atoms with Gasteiger partial charge in [0.25, 0.3) is 0 Å². The number of hydrogen-bond donors (Lipinski definition) is 0. The molecule has 0 N–H and O–H groups in total. The molecule has 1 aliphatic rings. The first-order valence-corrected chi connectivity index (χ1v) is 8.01. The molecule has 0 aliphatic heterocycles. The Morgan fingerprint density at radius 2 is 1.72 bits per heavy atom. The predicted octanol–water partition coefficient (Wildman–Crippen LogP) is 3.76. The third-order valence-corrected chi connectivity index (χ3v) is 4.43. The molecule has 0 spiro atoms. The van der Waals surface area contributed by atoms with Crippen molar-refractivity contribution in [2.45, 2.75) is 32.5 Å². The van der Waals surface area contributed by atoms with E-state index in [4.69, 9.17) is 14.2 Å². The molecule has 5 heteroatoms. The molecule has 5 nitrogen and oxygen atoms in total. The van der Waals surface area contributed by atoms with Gasteiger partial charge in [0.1, 0.15) is 5.75 Å². The summed E-state index contributed by atoms with van der Waals surface area (Å²) >= 11 is 0. The lowest BCUT2D eigenvalue weighted by Gasteiger charge is -2.42. The summed E-state index contributed by atoms with van der Waals surface area (Å²) in [6.07, 6.45) is -0.746. The summed E-state index contributed by atoms with van der Waals surface area (Å²) in [5, 5.41) is 0. The van der Waals surface area contributed by atoms with Gasteiger partial charge in [-0.15, -0.1) is 0 Å². The van der Waals surface area contributed by atoms with Crippen molar-refractivity contribution in [3.05, 3.63) is 53.6 Å². The maximum atomic E-state index is 11.8. The Morgan fingerprint density at radius 1 is 1.00 bits per heavy atom. The average molecular weight is 340 g/mol. The van der Waals surface area contributed by atoms with Crippen LogP contribution in [-0.4, -0.2) is 19.0 Å². The van der Waals surface area contributed by atoms with Gasteiger partial charge in [-0.1, -0.05) is 30.3 Å². The van der Waals surface area contributed by atoms with E-state index in [1.165, 1.54) is 13.8 Å². The van der Waals surface area contributed by atoms with Gasteiger partial charge < -0.3 is 14.2 Å². The molecular formula is C20H20O5. The molecule has 2 atom stereocenters. The zero-order chi connectivity index (χ0) is 18.2. The van der Waals surface area contributed by atoms with E-state index in [-0.39, 0.29) is 0 Å². The van der Waals surface area contributed by atoms with Crippen LogP contribution < -0.4 is 4.74 Å². The molecular weight excluding hydrogens is 320 g/mol. The van der Waals surface area contributed by atoms with Crippen LogP contribution in [-0.2, 0) is 24.7 Å². The fraction of sp³-hybridized carbons (Fsp3) is 0.300. The molecule has 2 aromatic carbocycles. The molecule has 0 saturated heterocycles. The van der Waals surface area contributed by atoms with Gasteiger partial charge in [0.05, 0.1) is 7.11 Å². The zero-order valence-electron chi connectivity index (χ0n) is 14.7. The fourth-order valence-electron chi connectivity index (χ4n) is 3.46. The third kappa shape index (κ3) is 2.86. The number of carbonyl (C=O) groups is 2. The number of methoxy groups -OCH3 is 1. The molecule has 0 fully saturated rings. The van der Waals surface area contributed by atoms with Gasteiger partial charge in [-0.25, -0.2) is 0 Å². The van der Waals surface area contributed by atoms with Gasteiger partial charge in [-0.3, -0.25) is 9.59 Å². The molecule has 0 saturated carbocycles. The van der Waals surface area contributed by atoms with Crippen molar-refractivity contribution in [1.29, 1.82) is 0 Å². The molecule has 3 rings (SSSR count). The van der Waals surface area contributed by atoms with Crippen molar-refractivity contribution in [3.63, 3.8) is 0 Å². The highest BCUT2D eigenvalue weighted by atomic mass is 16.6. The molecule has 0 radical (unpaired) electrons. The topological polar surface area (TPSA) is 61.8 Å². The second-order valence-corrected chi connectivity index (χ2v) is 6.19. The summed E-state index contributed by atoms with van der Waals surface area (Å²) in [6, 6.07) is 13.2. The van der Waals surface area contributed by atoms with Crippen molar-refractivity contribution in [1.82, 2.24) is 0 Å². The Hall–Kier alpha value is -2.82. The molecule has 1 aliphatic carbocycles. The van der Waals surface area contributed by atoms with Gasteiger partial charge in [-0.2, -0.15) is 0 Å². The highest BCUT2D eigenvalue weighted by molar-refractivity contribution is 5.79. The van der Waals surface area contributed by atoms with Crippen LogP contribution in [0.15, 0.2) is 42.5 Å². The molecule has 2 aromatic rings. The Kier molecular flexibility index (Phi) is 4.25. The lowest BCUT2D eigenvalue weighted by molar-refractivity contribution is -0.185. The quantitative estimate of drug-likeness (QED) is 0.796. The number of rotatable bonds is 3. The Morgan fingerprint density at radius 3 is 2.36 bits per heavy atom. The number of carbonyl (C=O) groups excluding carboxylic acids is 2. The maximum Gasteiger partial charge on any atom is 0.303 e. The SMILES string of the molecule is COc1ccc2c(c1)-c1ccccc1[C@@](C)(OC(C)=O)[C@H]2OC(C)=O. The third-order valence-electron chi connectivity index (χ3n) is 4.43. The van der Waals surface area contributed by atoms with Crippen LogP contribution in [0.2, 0.25) is 0 Å². The first kappa shape index (κ1) is 17.0. The normalized spacial score (nSPS) is 20.9. The highest BCUT2D eigenvalue weighted by Gasteiger charge is 2.48. The lowest BCUT2D eigenvalue weighted by atomic mass is 9.74. The summed E-state index contributed by atoms with van der Waals surface area (Å²) in [7, 11) is 1.60. The Bertz CT molecular complexity index is 842. The predicted molar refractivity (Wildman–Crippen MR) is 92.1 cm³/mol. The molecule has 0 heterocycles. The van der Waals surface area contributed by atoms with Crippen LogP contribution >= 0.6 is 0 Å². The van der Waals surface area contributed by atoms with Gasteiger partial charge >= 0.3 is 11.9 Å². The first-order valence-electron chi connectivity index (χ1n) is 8.01. The van der Waals surface area contributed by atoms with Gasteiger partial charge in [0.15, 0.2) is 11.7 Å². The largest absolute Gasteiger partial charge is 0.497 e. The molecule has 0 amide bonds. The van der Waals surface area contributed by atoms with Crippen molar-refractivity contribution >= 4 is 11.9 Å². The van der Waals surface area contributed by atoms with Crippen molar-refractivity contribution in [2.75, 3.05) is 7.11 Å². The Balaban J connectivity index is 2.30. The average Bonchev–Trinajstić information content (AvgIpc) is 2.57. The molecule has 0 aromatic heterocycles. The standard InChI is InChI=1S/C20H20O5/c1-12(21)24-19-16-10-9-14(23-4)11-17(16)15-7-5-6-8-18(15)20(19,3)25-13(2)22/h5-11,19H,1-4H3/t19-,20+/m0/s1. The fourth-order valence-corrected chi connectivity index (χ4v) is 3.46. The van der Waals surface area contributed by atoms with E-state index in [0.29, 0.717) is 5.75 Å². The molecule has 0 bridgehead atoms. The van der Waals surface area contributed by atoms with E-state index in [9.17, 15) is 9.59 Å². The number of esters is 2. The number of benzene rings is 2. The van der Waals surface area contributed by atoms with E-state index in [1.807, 2.05) is 36.4 Å². The summed E-state index contributed by atoms with van der Waals surface area (Å²) in [6.45, 7) is 4.47. The van der Waals surface area contributed by atoms with Crippen LogP contribution in [0.25, 0.3) is 11.1 Å². The van der Waals surface area contributed by atoms with Crippen LogP contribution in [0.5, 0.6) is 5.75 Å². The minimum atomic E-state index is -1.12. The van der Waals surface area contributed by atoms with Crippen LogP contribution in [0, 0.1) is 0 Å². The van der Waals surface area contributed by atoms with Crippen LogP contribution in [0.4, 0.5) is 0 Å². The first-order chi connectivity index (χ1) is 11.9. The molecule has 130 valence electrons. The highest BCUT2D eigenvalue weighted by Crippen LogP contribution is 2.52. The molecule has 25 heavy (non-hydrogen) atoms. The van der Waals surface area contributed by atoms with Crippen LogP contribution in [0.3, 0.4) is 0 Å². The zero-order valence-corrected chi connectivity index (χ0v) is 14.7.